The highest BCUT2D eigenvalue weighted by Crippen LogP contribution is 2.14. The summed E-state index contributed by atoms with van der Waals surface area (Å²) in [5.41, 5.74) is 3.06. The molecule has 0 unspecified atom stereocenters. The van der Waals surface area contributed by atoms with Gasteiger partial charge in [-0.15, -0.1) is 0 Å². The summed E-state index contributed by atoms with van der Waals surface area (Å²) in [6.45, 7) is 2.37. The van der Waals surface area contributed by atoms with Crippen molar-refractivity contribution in [1.29, 1.82) is 0 Å². The van der Waals surface area contributed by atoms with Gasteiger partial charge in [-0.25, -0.2) is 9.13 Å². The minimum Gasteiger partial charge on any atom is -0.205 e. The average Bonchev–Trinajstić information content (AvgIpc) is 2.92. The maximum Gasteiger partial charge on any atom is 0.171 e. The fraction of sp³-hybridized carbons (Fsp3) is 0.714. The first-order valence-corrected chi connectivity index (χ1v) is 16.4. The Balaban J connectivity index is 1.36. The van der Waals surface area contributed by atoms with E-state index in [0.717, 1.165) is 0 Å². The van der Waals surface area contributed by atoms with Crippen LogP contribution >= 0.6 is 0 Å². The highest BCUT2D eigenvalue weighted by Gasteiger charge is 2.05. The predicted molar refractivity (Wildman–Crippen MR) is 158 cm³/mol. The summed E-state index contributed by atoms with van der Waals surface area (Å²) in [6, 6.07) is 9.18. The summed E-state index contributed by atoms with van der Waals surface area (Å²) in [7, 11) is 0. The van der Waals surface area contributed by atoms with Gasteiger partial charge in [-0.2, -0.15) is 0 Å². The van der Waals surface area contributed by atoms with Crippen LogP contribution in [0.15, 0.2) is 49.1 Å². The number of nitrogens with zero attached hydrogens (tertiary/aromatic N) is 2. The fourth-order valence-electron chi connectivity index (χ4n) is 5.98. The zero-order valence-electron chi connectivity index (χ0n) is 24.2. The molecule has 0 saturated carbocycles. The topological polar surface area (TPSA) is 7.76 Å². The molecular formula is C35H58N2+2. The van der Waals surface area contributed by atoms with Gasteiger partial charge >= 0.3 is 0 Å². The maximum absolute atomic E-state index is 2.43. The smallest absolute Gasteiger partial charge is 0.171 e. The van der Waals surface area contributed by atoms with Crippen molar-refractivity contribution in [2.75, 3.05) is 0 Å². The summed E-state index contributed by atoms with van der Waals surface area (Å²) < 4.78 is 4.87. The Kier molecular flexibility index (Phi) is 16.4. The molecule has 2 aromatic heterocycles. The third-order valence-electron chi connectivity index (χ3n) is 8.35. The van der Waals surface area contributed by atoms with Gasteiger partial charge in [0.2, 0.25) is 0 Å². The van der Waals surface area contributed by atoms with E-state index >= 15 is 0 Å². The van der Waals surface area contributed by atoms with Gasteiger partial charge in [-0.05, 0) is 50.7 Å². The number of aromatic nitrogens is 2. The maximum atomic E-state index is 2.43. The van der Waals surface area contributed by atoms with E-state index in [-0.39, 0.29) is 0 Å². The van der Waals surface area contributed by atoms with Crippen molar-refractivity contribution < 1.29 is 9.13 Å². The van der Waals surface area contributed by atoms with Gasteiger partial charge < -0.3 is 0 Å². The Hall–Kier alpha value is -1.70. The van der Waals surface area contributed by atoms with Crippen molar-refractivity contribution in [3.63, 3.8) is 0 Å². The molecule has 0 radical (unpaired) electrons. The van der Waals surface area contributed by atoms with Crippen LogP contribution in [0.4, 0.5) is 0 Å². The Bertz CT molecular complexity index is 747. The van der Waals surface area contributed by atoms with Crippen LogP contribution in [0.1, 0.15) is 146 Å². The summed E-state index contributed by atoms with van der Waals surface area (Å²) in [6.07, 6.45) is 41.3. The molecule has 0 fully saturated rings. The van der Waals surface area contributed by atoms with Crippen LogP contribution in [0.3, 0.4) is 0 Å². The van der Waals surface area contributed by atoms with Crippen LogP contribution in [-0.2, 0) is 25.9 Å². The van der Waals surface area contributed by atoms with E-state index in [1.807, 2.05) is 0 Å². The average molecular weight is 507 g/mol. The first kappa shape index (κ1) is 29.9. The Labute approximate surface area is 229 Å². The zero-order chi connectivity index (χ0) is 25.6. The monoisotopic (exact) mass is 506 g/mol. The number of fused-ring (bicyclic) bond motifs is 4. The molecule has 3 rings (SSSR count). The molecule has 0 aliphatic carbocycles. The van der Waals surface area contributed by atoms with E-state index in [9.17, 15) is 0 Å². The molecular weight excluding hydrogens is 448 g/mol. The summed E-state index contributed by atoms with van der Waals surface area (Å²) in [4.78, 5) is 0. The van der Waals surface area contributed by atoms with E-state index in [1.54, 1.807) is 0 Å². The Morgan fingerprint density at radius 1 is 0.351 bits per heavy atom. The van der Waals surface area contributed by atoms with Gasteiger partial charge in [0, 0.05) is 36.1 Å². The second-order valence-electron chi connectivity index (χ2n) is 11.8. The lowest BCUT2D eigenvalue weighted by molar-refractivity contribution is -0.697. The quantitative estimate of drug-likeness (QED) is 0.315. The minimum atomic E-state index is 1.19. The predicted octanol–water partition coefficient (Wildman–Crippen LogP) is 9.25. The second kappa shape index (κ2) is 20.3. The summed E-state index contributed by atoms with van der Waals surface area (Å²) in [5, 5.41) is 0. The molecule has 1 aliphatic heterocycles. The van der Waals surface area contributed by atoms with E-state index in [2.05, 4.69) is 58.2 Å². The second-order valence-corrected chi connectivity index (χ2v) is 11.8. The van der Waals surface area contributed by atoms with Gasteiger partial charge in [0.05, 0.1) is 0 Å². The Morgan fingerprint density at radius 3 is 1.00 bits per heavy atom. The van der Waals surface area contributed by atoms with Crippen LogP contribution < -0.4 is 9.13 Å². The van der Waals surface area contributed by atoms with Gasteiger partial charge in [0.1, 0.15) is 13.1 Å². The Morgan fingerprint density at radius 2 is 0.649 bits per heavy atom. The van der Waals surface area contributed by atoms with Crippen molar-refractivity contribution in [3.8, 4) is 0 Å². The molecule has 2 aromatic rings. The van der Waals surface area contributed by atoms with Crippen molar-refractivity contribution in [2.45, 2.75) is 161 Å². The third-order valence-corrected chi connectivity index (χ3v) is 8.35. The van der Waals surface area contributed by atoms with Gasteiger partial charge in [-0.3, -0.25) is 0 Å². The van der Waals surface area contributed by atoms with E-state index in [0.29, 0.717) is 0 Å². The number of pyridine rings is 2. The van der Waals surface area contributed by atoms with Crippen LogP contribution in [-0.4, -0.2) is 0 Å². The van der Waals surface area contributed by atoms with E-state index in [1.165, 1.54) is 172 Å². The highest BCUT2D eigenvalue weighted by atomic mass is 14.9. The van der Waals surface area contributed by atoms with Gasteiger partial charge in [0.15, 0.2) is 24.8 Å². The lowest BCUT2D eigenvalue weighted by Gasteiger charge is -2.04. The number of hydrogen-bond donors (Lipinski definition) is 0. The van der Waals surface area contributed by atoms with E-state index < -0.39 is 0 Å². The molecule has 0 aromatic carbocycles. The van der Waals surface area contributed by atoms with E-state index in [4.69, 9.17) is 0 Å². The molecule has 0 N–H and O–H groups in total. The van der Waals surface area contributed by atoms with Crippen molar-refractivity contribution in [1.82, 2.24) is 0 Å². The SMILES string of the molecule is c1cc2c[n+](c1)CCCCCCCCCCC[n+]1cccc(c1)CCCCCCCCCCCCCC2. The van der Waals surface area contributed by atoms with Gasteiger partial charge in [0.25, 0.3) is 0 Å². The molecule has 3 heterocycles. The first-order valence-electron chi connectivity index (χ1n) is 16.4. The molecule has 0 amide bonds. The van der Waals surface area contributed by atoms with Gasteiger partial charge in [-0.1, -0.05) is 96.3 Å². The molecule has 2 heteroatoms. The van der Waals surface area contributed by atoms with Crippen LogP contribution in [0, 0.1) is 0 Å². The molecule has 206 valence electrons. The normalized spacial score (nSPS) is 19.9. The number of aryl methyl sites for hydroxylation is 4. The lowest BCUT2D eigenvalue weighted by Crippen LogP contribution is -2.33. The molecule has 1 aliphatic rings. The molecule has 2 nitrogen and oxygen atoms in total. The largest absolute Gasteiger partial charge is 0.205 e. The van der Waals surface area contributed by atoms with Crippen molar-refractivity contribution >= 4 is 0 Å². The van der Waals surface area contributed by atoms with Crippen molar-refractivity contribution in [2.24, 2.45) is 0 Å². The number of hydrogen-bond acceptors (Lipinski definition) is 0. The summed E-state index contributed by atoms with van der Waals surface area (Å²) in [5.74, 6) is 0. The van der Waals surface area contributed by atoms with Crippen LogP contribution in [0.5, 0.6) is 0 Å². The fourth-order valence-corrected chi connectivity index (χ4v) is 5.98. The third kappa shape index (κ3) is 14.7. The highest BCUT2D eigenvalue weighted by molar-refractivity contribution is 5.05. The van der Waals surface area contributed by atoms with Crippen LogP contribution in [0.2, 0.25) is 0 Å². The minimum absolute atomic E-state index is 1.19. The van der Waals surface area contributed by atoms with Crippen molar-refractivity contribution in [3.05, 3.63) is 60.2 Å². The molecule has 0 saturated heterocycles. The first-order chi connectivity index (χ1) is 18.4. The number of rotatable bonds is 0. The van der Waals surface area contributed by atoms with Crippen LogP contribution in [0.25, 0.3) is 0 Å². The molecule has 0 atom stereocenters. The molecule has 0 spiro atoms. The summed E-state index contributed by atoms with van der Waals surface area (Å²) >= 11 is 0. The standard InChI is InChI=1S/C35H58N2/c1-2-4-7-11-15-19-25-35-27-23-31-37(33-35)29-21-17-13-9-5-8-12-16-20-28-36-30-22-26-34(32-36)24-18-14-10-6-3-1/h22-23,26-27,30-33H,1-21,24-25,28-29H2/q+2. The molecule has 37 heavy (non-hydrogen) atoms. The lowest BCUT2D eigenvalue weighted by atomic mass is 10.0. The zero-order valence-corrected chi connectivity index (χ0v) is 24.2. The molecule has 4 bridgehead atoms.